The molecule has 0 aliphatic carbocycles. The van der Waals surface area contributed by atoms with E-state index in [4.69, 9.17) is 0 Å². The number of benzene rings is 1. The van der Waals surface area contributed by atoms with E-state index in [-0.39, 0.29) is 13.0 Å². The average molecular weight is 291 g/mol. The van der Waals surface area contributed by atoms with Crippen molar-refractivity contribution in [3.63, 3.8) is 0 Å². The smallest absolute Gasteiger partial charge is 0.266 e. The van der Waals surface area contributed by atoms with E-state index >= 15 is 0 Å². The largest absolute Gasteiger partial charge is 0.373 e. The van der Waals surface area contributed by atoms with Crippen LogP contribution in [0.1, 0.15) is 13.3 Å². The van der Waals surface area contributed by atoms with Crippen LogP contribution in [0.2, 0.25) is 0 Å². The molecule has 0 spiro atoms. The molecule has 2 heterocycles. The Hall–Kier alpha value is -1.62. The van der Waals surface area contributed by atoms with Crippen molar-refractivity contribution < 1.29 is 9.18 Å². The van der Waals surface area contributed by atoms with E-state index < -0.39 is 11.6 Å². The van der Waals surface area contributed by atoms with Gasteiger partial charge in [0.2, 0.25) is 5.67 Å². The van der Waals surface area contributed by atoms with Crippen LogP contribution >= 0.6 is 0 Å². The highest BCUT2D eigenvalue weighted by Gasteiger charge is 2.45. The second-order valence-corrected chi connectivity index (χ2v) is 6.28. The molecule has 1 amide bonds. The summed E-state index contributed by atoms with van der Waals surface area (Å²) in [6.07, 6.45) is 0.259. The number of halogens is 1. The summed E-state index contributed by atoms with van der Waals surface area (Å²) in [4.78, 5) is 16.6. The van der Waals surface area contributed by atoms with E-state index in [2.05, 4.69) is 17.1 Å². The van der Waals surface area contributed by atoms with E-state index in [1.807, 2.05) is 31.3 Å². The third-order valence-corrected chi connectivity index (χ3v) is 4.40. The lowest BCUT2D eigenvalue weighted by atomic mass is 10.0. The fraction of sp³-hybridized carbons (Fsp3) is 0.562. The molecule has 1 aromatic carbocycles. The highest BCUT2D eigenvalue weighted by Crippen LogP contribution is 2.35. The lowest BCUT2D eigenvalue weighted by Crippen LogP contribution is -2.49. The molecule has 0 bridgehead atoms. The maximum atomic E-state index is 14.9. The molecule has 1 saturated heterocycles. The summed E-state index contributed by atoms with van der Waals surface area (Å²) in [7, 11) is 2.02. The highest BCUT2D eigenvalue weighted by atomic mass is 19.1. The monoisotopic (exact) mass is 291 g/mol. The first-order valence-electron chi connectivity index (χ1n) is 7.53. The van der Waals surface area contributed by atoms with E-state index in [1.165, 1.54) is 0 Å². The zero-order chi connectivity index (χ0) is 15.0. The van der Waals surface area contributed by atoms with Crippen molar-refractivity contribution in [1.82, 2.24) is 5.32 Å². The normalized spacial score (nSPS) is 29.2. The topological polar surface area (TPSA) is 35.6 Å². The Morgan fingerprint density at radius 2 is 2.05 bits per heavy atom. The number of carbonyl (C=O) groups excluding carboxylic acids is 1. The Balaban J connectivity index is 2.00. The summed E-state index contributed by atoms with van der Waals surface area (Å²) in [6, 6.07) is 7.76. The molecule has 0 saturated carbocycles. The van der Waals surface area contributed by atoms with Crippen molar-refractivity contribution in [1.29, 1.82) is 0 Å². The van der Waals surface area contributed by atoms with Gasteiger partial charge in [-0.05, 0) is 24.6 Å². The van der Waals surface area contributed by atoms with Gasteiger partial charge in [0.15, 0.2) is 0 Å². The van der Waals surface area contributed by atoms with Gasteiger partial charge in [0.25, 0.3) is 5.91 Å². The number of carbonyl (C=O) groups is 1. The summed E-state index contributed by atoms with van der Waals surface area (Å²) in [5, 5.41) is 2.96. The molecule has 2 atom stereocenters. The first kappa shape index (κ1) is 14.3. The molecule has 2 aliphatic rings. The van der Waals surface area contributed by atoms with Crippen molar-refractivity contribution in [2.24, 2.45) is 5.92 Å². The van der Waals surface area contributed by atoms with Gasteiger partial charge in [-0.3, -0.25) is 4.79 Å². The van der Waals surface area contributed by atoms with Crippen molar-refractivity contribution >= 4 is 17.3 Å². The van der Waals surface area contributed by atoms with Crippen LogP contribution in [0.5, 0.6) is 0 Å². The van der Waals surface area contributed by atoms with Gasteiger partial charge in [-0.25, -0.2) is 4.39 Å². The Kier molecular flexibility index (Phi) is 3.61. The second-order valence-electron chi connectivity index (χ2n) is 6.28. The Morgan fingerprint density at radius 3 is 2.71 bits per heavy atom. The molecule has 1 N–H and O–H groups in total. The van der Waals surface area contributed by atoms with Gasteiger partial charge in [0.05, 0.1) is 11.4 Å². The number of para-hydroxylation sites is 2. The van der Waals surface area contributed by atoms with Gasteiger partial charge in [-0.15, -0.1) is 0 Å². The van der Waals surface area contributed by atoms with Crippen LogP contribution in [0.15, 0.2) is 24.3 Å². The molecule has 114 valence electrons. The van der Waals surface area contributed by atoms with Gasteiger partial charge in [0.1, 0.15) is 0 Å². The van der Waals surface area contributed by atoms with Crippen LogP contribution in [0.25, 0.3) is 0 Å². The minimum atomic E-state index is -1.77. The summed E-state index contributed by atoms with van der Waals surface area (Å²) in [6.45, 7) is 4.20. The standard InChI is InChI=1S/C16H22FN3O/c1-12-9-19(2)13-5-3-4-6-14(13)20(10-12)15(21)16(17)7-8-18-11-16/h3-6,12,18H,7-11H2,1-2H3. The minimum Gasteiger partial charge on any atom is -0.373 e. The van der Waals surface area contributed by atoms with E-state index in [9.17, 15) is 9.18 Å². The fourth-order valence-corrected chi connectivity index (χ4v) is 3.33. The van der Waals surface area contributed by atoms with Crippen LogP contribution in [-0.4, -0.2) is 44.8 Å². The number of alkyl halides is 1. The number of anilines is 2. The lowest BCUT2D eigenvalue weighted by molar-refractivity contribution is -0.129. The molecule has 0 aromatic heterocycles. The molecule has 4 nitrogen and oxygen atoms in total. The summed E-state index contributed by atoms with van der Waals surface area (Å²) in [5.41, 5.74) is 0.0402. The van der Waals surface area contributed by atoms with Crippen molar-refractivity contribution in [3.8, 4) is 0 Å². The van der Waals surface area contributed by atoms with Gasteiger partial charge in [-0.2, -0.15) is 0 Å². The van der Waals surface area contributed by atoms with E-state index in [0.29, 0.717) is 19.0 Å². The number of amides is 1. The predicted molar refractivity (Wildman–Crippen MR) is 82.6 cm³/mol. The summed E-state index contributed by atoms with van der Waals surface area (Å²) < 4.78 is 14.9. The van der Waals surface area contributed by atoms with E-state index in [0.717, 1.165) is 17.9 Å². The molecule has 21 heavy (non-hydrogen) atoms. The Labute approximate surface area is 124 Å². The average Bonchev–Trinajstić information content (AvgIpc) is 2.87. The number of hydrogen-bond donors (Lipinski definition) is 1. The Morgan fingerprint density at radius 1 is 1.33 bits per heavy atom. The van der Waals surface area contributed by atoms with Crippen LogP contribution in [0, 0.1) is 5.92 Å². The maximum absolute atomic E-state index is 14.9. The molecule has 0 radical (unpaired) electrons. The molecule has 1 fully saturated rings. The molecule has 3 rings (SSSR count). The van der Waals surface area contributed by atoms with Crippen LogP contribution < -0.4 is 15.1 Å². The van der Waals surface area contributed by atoms with Gasteiger partial charge < -0.3 is 15.1 Å². The number of fused-ring (bicyclic) bond motifs is 1. The fourth-order valence-electron chi connectivity index (χ4n) is 3.33. The van der Waals surface area contributed by atoms with Crippen molar-refractivity contribution in [2.45, 2.75) is 19.0 Å². The molecule has 1 aromatic rings. The summed E-state index contributed by atoms with van der Waals surface area (Å²) >= 11 is 0. The third kappa shape index (κ3) is 2.50. The second kappa shape index (κ2) is 5.30. The zero-order valence-corrected chi connectivity index (χ0v) is 12.6. The van der Waals surface area contributed by atoms with Crippen molar-refractivity contribution in [3.05, 3.63) is 24.3 Å². The number of hydrogen-bond acceptors (Lipinski definition) is 3. The first-order valence-corrected chi connectivity index (χ1v) is 7.53. The molecular formula is C16H22FN3O. The molecule has 5 heteroatoms. The highest BCUT2D eigenvalue weighted by molar-refractivity contribution is 6.02. The molecule has 2 unspecified atom stereocenters. The number of rotatable bonds is 1. The first-order chi connectivity index (χ1) is 10.0. The number of nitrogens with one attached hydrogen (secondary N) is 1. The van der Waals surface area contributed by atoms with Gasteiger partial charge in [-0.1, -0.05) is 19.1 Å². The SMILES string of the molecule is CC1CN(C)c2ccccc2N(C(=O)C2(F)CCNC2)C1. The zero-order valence-electron chi connectivity index (χ0n) is 12.6. The molecule has 2 aliphatic heterocycles. The maximum Gasteiger partial charge on any atom is 0.266 e. The van der Waals surface area contributed by atoms with Crippen LogP contribution in [0.4, 0.5) is 15.8 Å². The van der Waals surface area contributed by atoms with Crippen LogP contribution in [-0.2, 0) is 4.79 Å². The minimum absolute atomic E-state index is 0.120. The number of nitrogens with zero attached hydrogens (tertiary/aromatic N) is 2. The van der Waals surface area contributed by atoms with Gasteiger partial charge >= 0.3 is 0 Å². The van der Waals surface area contributed by atoms with Crippen LogP contribution in [0.3, 0.4) is 0 Å². The van der Waals surface area contributed by atoms with E-state index in [1.54, 1.807) is 4.90 Å². The third-order valence-electron chi connectivity index (χ3n) is 4.40. The Bertz CT molecular complexity index is 542. The van der Waals surface area contributed by atoms with Gasteiger partial charge in [0, 0.05) is 33.1 Å². The summed E-state index contributed by atoms with van der Waals surface area (Å²) in [5.74, 6) is -0.105. The van der Waals surface area contributed by atoms with Crippen molar-refractivity contribution in [2.75, 3.05) is 43.0 Å². The quantitative estimate of drug-likeness (QED) is 0.857. The lowest BCUT2D eigenvalue weighted by Gasteiger charge is -2.29. The predicted octanol–water partition coefficient (Wildman–Crippen LogP) is 1.81. The molecular weight excluding hydrogens is 269 g/mol.